The van der Waals surface area contributed by atoms with E-state index in [9.17, 15) is 4.79 Å². The molecule has 0 aliphatic carbocycles. The molecule has 1 aromatic heterocycles. The van der Waals surface area contributed by atoms with Gasteiger partial charge in [-0.2, -0.15) is 0 Å². The van der Waals surface area contributed by atoms with E-state index in [1.807, 2.05) is 6.92 Å². The van der Waals surface area contributed by atoms with Crippen molar-refractivity contribution < 1.29 is 14.3 Å². The first-order chi connectivity index (χ1) is 8.49. The third-order valence-corrected chi connectivity index (χ3v) is 4.11. The van der Waals surface area contributed by atoms with Crippen LogP contribution in [-0.2, 0) is 6.54 Å². The van der Waals surface area contributed by atoms with Crippen LogP contribution in [0.15, 0.2) is 10.5 Å². The Morgan fingerprint density at radius 1 is 1.56 bits per heavy atom. The molecule has 1 N–H and O–H groups in total. The molecule has 0 radical (unpaired) electrons. The summed E-state index contributed by atoms with van der Waals surface area (Å²) in [5, 5.41) is 8.92. The zero-order valence-electron chi connectivity index (χ0n) is 11.3. The van der Waals surface area contributed by atoms with E-state index in [1.54, 1.807) is 6.07 Å². The lowest BCUT2D eigenvalue weighted by Crippen LogP contribution is -2.41. The molecule has 1 fully saturated rings. The minimum absolute atomic E-state index is 0.0419. The smallest absolute Gasteiger partial charge is 0.371 e. The van der Waals surface area contributed by atoms with Gasteiger partial charge in [-0.25, -0.2) is 4.79 Å². The van der Waals surface area contributed by atoms with Crippen LogP contribution in [0.2, 0.25) is 0 Å². The van der Waals surface area contributed by atoms with Crippen molar-refractivity contribution in [3.05, 3.63) is 23.2 Å². The Kier molecular flexibility index (Phi) is 3.76. The van der Waals surface area contributed by atoms with Gasteiger partial charge in [-0.3, -0.25) is 4.90 Å². The molecule has 100 valence electrons. The van der Waals surface area contributed by atoms with Crippen LogP contribution in [0.3, 0.4) is 0 Å². The number of aryl methyl sites for hydroxylation is 1. The largest absolute Gasteiger partial charge is 0.475 e. The van der Waals surface area contributed by atoms with Gasteiger partial charge >= 0.3 is 5.97 Å². The summed E-state index contributed by atoms with van der Waals surface area (Å²) < 4.78 is 5.25. The zero-order valence-corrected chi connectivity index (χ0v) is 11.3. The van der Waals surface area contributed by atoms with Gasteiger partial charge in [0.25, 0.3) is 0 Å². The second-order valence-corrected chi connectivity index (χ2v) is 5.33. The number of aromatic carboxylic acids is 1. The molecule has 1 aliphatic heterocycles. The van der Waals surface area contributed by atoms with Gasteiger partial charge in [0.2, 0.25) is 5.76 Å². The van der Waals surface area contributed by atoms with Gasteiger partial charge in [0.15, 0.2) is 0 Å². The molecule has 1 aliphatic rings. The highest BCUT2D eigenvalue weighted by atomic mass is 16.4. The second kappa shape index (κ2) is 5.14. The summed E-state index contributed by atoms with van der Waals surface area (Å²) in [5.41, 5.74) is 0.994. The molecule has 2 atom stereocenters. The molecule has 0 aromatic carbocycles. The third kappa shape index (κ3) is 2.58. The fraction of sp³-hybridized carbons (Fsp3) is 0.643. The van der Waals surface area contributed by atoms with E-state index in [-0.39, 0.29) is 5.76 Å². The minimum atomic E-state index is -0.996. The predicted molar refractivity (Wildman–Crippen MR) is 68.7 cm³/mol. The van der Waals surface area contributed by atoms with Crippen molar-refractivity contribution in [3.8, 4) is 0 Å². The number of likely N-dealkylation sites (tertiary alicyclic amines) is 1. The van der Waals surface area contributed by atoms with Crippen LogP contribution in [0.25, 0.3) is 0 Å². The van der Waals surface area contributed by atoms with Crippen molar-refractivity contribution in [2.75, 3.05) is 6.54 Å². The molecular formula is C14H21NO3. The summed E-state index contributed by atoms with van der Waals surface area (Å²) in [6.07, 6.45) is 2.50. The van der Waals surface area contributed by atoms with Crippen LogP contribution in [0, 0.1) is 12.8 Å². The maximum absolute atomic E-state index is 10.9. The van der Waals surface area contributed by atoms with Gasteiger partial charge in [0, 0.05) is 18.2 Å². The third-order valence-electron chi connectivity index (χ3n) is 4.11. The van der Waals surface area contributed by atoms with Crippen LogP contribution >= 0.6 is 0 Å². The Labute approximate surface area is 108 Å². The number of hydrogen-bond donors (Lipinski definition) is 1. The van der Waals surface area contributed by atoms with Crippen molar-refractivity contribution >= 4 is 5.97 Å². The Bertz CT molecular complexity index is 438. The first-order valence-corrected chi connectivity index (χ1v) is 6.55. The Balaban J connectivity index is 2.11. The number of carbonyl (C=O) groups is 1. The summed E-state index contributed by atoms with van der Waals surface area (Å²) in [6.45, 7) is 8.23. The van der Waals surface area contributed by atoms with Gasteiger partial charge in [-0.15, -0.1) is 0 Å². The van der Waals surface area contributed by atoms with E-state index < -0.39 is 5.97 Å². The number of carboxylic acids is 1. The molecule has 4 heteroatoms. The number of furan rings is 1. The molecule has 1 aromatic rings. The van der Waals surface area contributed by atoms with E-state index in [1.165, 1.54) is 12.8 Å². The molecule has 2 unspecified atom stereocenters. The lowest BCUT2D eigenvalue weighted by molar-refractivity contribution is 0.0661. The van der Waals surface area contributed by atoms with Crippen LogP contribution in [-0.4, -0.2) is 28.6 Å². The quantitative estimate of drug-likeness (QED) is 0.897. The lowest BCUT2D eigenvalue weighted by atomic mass is 9.92. The van der Waals surface area contributed by atoms with E-state index in [0.717, 1.165) is 24.4 Å². The van der Waals surface area contributed by atoms with Crippen LogP contribution in [0.5, 0.6) is 0 Å². The van der Waals surface area contributed by atoms with Crippen LogP contribution in [0.4, 0.5) is 0 Å². The van der Waals surface area contributed by atoms with Crippen molar-refractivity contribution in [2.45, 2.75) is 46.2 Å². The molecule has 1 saturated heterocycles. The van der Waals surface area contributed by atoms with Gasteiger partial charge < -0.3 is 9.52 Å². The average Bonchev–Trinajstić information content (AvgIpc) is 2.67. The highest BCUT2D eigenvalue weighted by molar-refractivity contribution is 5.84. The summed E-state index contributed by atoms with van der Waals surface area (Å²) >= 11 is 0. The van der Waals surface area contributed by atoms with Crippen molar-refractivity contribution in [3.63, 3.8) is 0 Å². The molecule has 4 nitrogen and oxygen atoms in total. The standard InChI is InChI=1S/C14H21NO3/c1-9-5-4-6-15(10(9)2)8-12-7-13(14(16)17)18-11(12)3/h7,9-10H,4-6,8H2,1-3H3,(H,16,17). The van der Waals surface area contributed by atoms with E-state index >= 15 is 0 Å². The Hall–Kier alpha value is -1.29. The van der Waals surface area contributed by atoms with E-state index in [2.05, 4.69) is 18.7 Å². The summed E-state index contributed by atoms with van der Waals surface area (Å²) in [7, 11) is 0. The number of piperidine rings is 1. The zero-order chi connectivity index (χ0) is 13.3. The molecule has 18 heavy (non-hydrogen) atoms. The monoisotopic (exact) mass is 251 g/mol. The van der Waals surface area contributed by atoms with Crippen molar-refractivity contribution in [1.29, 1.82) is 0 Å². The summed E-state index contributed by atoms with van der Waals surface area (Å²) in [5.74, 6) is 0.465. The van der Waals surface area contributed by atoms with Gasteiger partial charge in [0.05, 0.1) is 0 Å². The van der Waals surface area contributed by atoms with Crippen molar-refractivity contribution in [1.82, 2.24) is 4.90 Å². The molecule has 0 amide bonds. The molecule has 0 spiro atoms. The van der Waals surface area contributed by atoms with Gasteiger partial charge in [0.1, 0.15) is 5.76 Å². The van der Waals surface area contributed by atoms with Gasteiger partial charge in [-0.05, 0) is 45.2 Å². The number of hydrogen-bond acceptors (Lipinski definition) is 3. The maximum atomic E-state index is 10.9. The fourth-order valence-electron chi connectivity index (χ4n) is 2.65. The highest BCUT2D eigenvalue weighted by Gasteiger charge is 2.26. The molecule has 0 saturated carbocycles. The lowest BCUT2D eigenvalue weighted by Gasteiger charge is -2.37. The van der Waals surface area contributed by atoms with Crippen LogP contribution < -0.4 is 0 Å². The average molecular weight is 251 g/mol. The highest BCUT2D eigenvalue weighted by Crippen LogP contribution is 2.26. The van der Waals surface area contributed by atoms with E-state index in [4.69, 9.17) is 9.52 Å². The van der Waals surface area contributed by atoms with E-state index in [0.29, 0.717) is 12.0 Å². The number of nitrogens with zero attached hydrogens (tertiary/aromatic N) is 1. The van der Waals surface area contributed by atoms with Crippen LogP contribution in [0.1, 0.15) is 48.6 Å². The topological polar surface area (TPSA) is 53.7 Å². The number of rotatable bonds is 3. The molecule has 2 rings (SSSR count). The fourth-order valence-corrected chi connectivity index (χ4v) is 2.65. The molecule has 2 heterocycles. The Morgan fingerprint density at radius 3 is 2.89 bits per heavy atom. The van der Waals surface area contributed by atoms with Gasteiger partial charge in [-0.1, -0.05) is 6.92 Å². The maximum Gasteiger partial charge on any atom is 0.371 e. The Morgan fingerprint density at radius 2 is 2.28 bits per heavy atom. The van der Waals surface area contributed by atoms with Crippen molar-refractivity contribution in [2.24, 2.45) is 5.92 Å². The normalized spacial score (nSPS) is 25.3. The summed E-state index contributed by atoms with van der Waals surface area (Å²) in [6, 6.07) is 2.20. The summed E-state index contributed by atoms with van der Waals surface area (Å²) in [4.78, 5) is 13.3. The first kappa shape index (κ1) is 13.1. The minimum Gasteiger partial charge on any atom is -0.475 e. The molecule has 0 bridgehead atoms. The first-order valence-electron chi connectivity index (χ1n) is 6.55. The number of carboxylic acid groups (broad SMARTS) is 1. The SMILES string of the molecule is Cc1oc(C(=O)O)cc1CN1CCCC(C)C1C. The second-order valence-electron chi connectivity index (χ2n) is 5.33. The molecular weight excluding hydrogens is 230 g/mol. The predicted octanol–water partition coefficient (Wildman–Crippen LogP) is 2.91.